The first-order chi connectivity index (χ1) is 13.0. The molecule has 0 saturated carbocycles. The van der Waals surface area contributed by atoms with Gasteiger partial charge in [0.1, 0.15) is 11.9 Å². The molecule has 0 bridgehead atoms. The number of fused-ring (bicyclic) bond motifs is 1. The molecule has 2 aliphatic rings. The first-order valence-corrected chi connectivity index (χ1v) is 9.49. The van der Waals surface area contributed by atoms with Crippen molar-refractivity contribution in [3.8, 4) is 6.07 Å². The van der Waals surface area contributed by atoms with Crippen LogP contribution in [0.1, 0.15) is 41.9 Å². The van der Waals surface area contributed by atoms with Gasteiger partial charge in [-0.1, -0.05) is 32.0 Å². The zero-order chi connectivity index (χ0) is 19.0. The van der Waals surface area contributed by atoms with Crippen molar-refractivity contribution in [2.24, 2.45) is 5.41 Å². The summed E-state index contributed by atoms with van der Waals surface area (Å²) < 4.78 is 0. The summed E-state index contributed by atoms with van der Waals surface area (Å²) in [6.45, 7) is 7.60. The summed E-state index contributed by atoms with van der Waals surface area (Å²) >= 11 is 0. The van der Waals surface area contributed by atoms with Crippen LogP contribution in [0.25, 0.3) is 0 Å². The Bertz CT molecular complexity index is 906. The zero-order valence-electron chi connectivity index (χ0n) is 15.9. The number of rotatable bonds is 2. The second-order valence-corrected chi connectivity index (χ2v) is 8.22. The molecular weight excluding hydrogens is 336 g/mol. The van der Waals surface area contributed by atoms with Gasteiger partial charge in [0, 0.05) is 43.9 Å². The minimum atomic E-state index is -0.0749. The second-order valence-electron chi connectivity index (χ2n) is 8.22. The quantitative estimate of drug-likeness (QED) is 0.821. The summed E-state index contributed by atoms with van der Waals surface area (Å²) in [5.41, 5.74) is 3.14. The van der Waals surface area contributed by atoms with Crippen LogP contribution in [0.15, 0.2) is 36.4 Å². The highest BCUT2D eigenvalue weighted by atomic mass is 16.1. The van der Waals surface area contributed by atoms with E-state index in [-0.39, 0.29) is 11.2 Å². The Morgan fingerprint density at radius 3 is 2.37 bits per heavy atom. The van der Waals surface area contributed by atoms with Crippen LogP contribution in [0, 0.1) is 16.7 Å². The van der Waals surface area contributed by atoms with Crippen molar-refractivity contribution in [2.45, 2.75) is 26.7 Å². The average molecular weight is 360 g/mol. The van der Waals surface area contributed by atoms with E-state index >= 15 is 0 Å². The van der Waals surface area contributed by atoms with Gasteiger partial charge in [0.05, 0.1) is 11.3 Å². The van der Waals surface area contributed by atoms with Crippen LogP contribution in [0.4, 0.5) is 11.5 Å². The molecule has 0 amide bonds. The Kier molecular flexibility index (Phi) is 4.35. The molecule has 0 radical (unpaired) electrons. The van der Waals surface area contributed by atoms with E-state index in [1.165, 1.54) is 5.69 Å². The minimum Gasteiger partial charge on any atom is -0.368 e. The number of carbonyl (C=O) groups is 1. The third-order valence-corrected chi connectivity index (χ3v) is 5.49. The highest BCUT2D eigenvalue weighted by molar-refractivity contribution is 5.99. The molecule has 2 heterocycles. The van der Waals surface area contributed by atoms with Gasteiger partial charge >= 0.3 is 0 Å². The van der Waals surface area contributed by atoms with E-state index < -0.39 is 0 Å². The maximum absolute atomic E-state index is 12.5. The van der Waals surface area contributed by atoms with Crippen molar-refractivity contribution in [3.05, 3.63) is 53.2 Å². The zero-order valence-corrected chi connectivity index (χ0v) is 15.9. The number of nitriles is 1. The van der Waals surface area contributed by atoms with E-state index in [0.717, 1.165) is 44.1 Å². The standard InChI is InChI=1S/C22H24N4O/c1-22(2)13-19-18(20(27)14-22)12-16(15-23)21(24-19)26-10-8-25(9-11-26)17-6-4-3-5-7-17/h3-7,12H,8-11,13-14H2,1-2H3. The lowest BCUT2D eigenvalue weighted by Crippen LogP contribution is -2.47. The lowest BCUT2D eigenvalue weighted by molar-refractivity contribution is 0.0910. The smallest absolute Gasteiger partial charge is 0.165 e. The van der Waals surface area contributed by atoms with Crippen LogP contribution in [-0.2, 0) is 6.42 Å². The number of benzene rings is 1. The van der Waals surface area contributed by atoms with E-state index in [2.05, 4.69) is 54.0 Å². The van der Waals surface area contributed by atoms with Gasteiger partial charge in [-0.15, -0.1) is 0 Å². The Morgan fingerprint density at radius 2 is 1.70 bits per heavy atom. The van der Waals surface area contributed by atoms with E-state index in [4.69, 9.17) is 4.98 Å². The molecular formula is C22H24N4O. The lowest BCUT2D eigenvalue weighted by Gasteiger charge is -2.38. The van der Waals surface area contributed by atoms with Crippen LogP contribution < -0.4 is 9.80 Å². The minimum absolute atomic E-state index is 0.0749. The molecule has 27 heavy (non-hydrogen) atoms. The van der Waals surface area contributed by atoms with Gasteiger partial charge in [-0.3, -0.25) is 4.79 Å². The maximum atomic E-state index is 12.5. The number of nitrogens with zero attached hydrogens (tertiary/aromatic N) is 4. The molecule has 0 unspecified atom stereocenters. The van der Waals surface area contributed by atoms with E-state index in [1.807, 2.05) is 6.07 Å². The highest BCUT2D eigenvalue weighted by Crippen LogP contribution is 2.36. The second kappa shape index (κ2) is 6.70. The van der Waals surface area contributed by atoms with Crippen molar-refractivity contribution < 1.29 is 4.79 Å². The molecule has 5 nitrogen and oxygen atoms in total. The van der Waals surface area contributed by atoms with E-state index in [0.29, 0.717) is 17.5 Å². The number of piperazine rings is 1. The average Bonchev–Trinajstić information content (AvgIpc) is 2.67. The number of ketones is 1. The molecule has 0 spiro atoms. The van der Waals surface area contributed by atoms with Crippen molar-refractivity contribution in [1.29, 1.82) is 5.26 Å². The van der Waals surface area contributed by atoms with Gasteiger partial charge in [-0.25, -0.2) is 4.98 Å². The largest absolute Gasteiger partial charge is 0.368 e. The number of para-hydroxylation sites is 1. The number of hydrogen-bond donors (Lipinski definition) is 0. The Balaban J connectivity index is 1.59. The summed E-state index contributed by atoms with van der Waals surface area (Å²) in [6.07, 6.45) is 1.29. The van der Waals surface area contributed by atoms with Crippen molar-refractivity contribution in [1.82, 2.24) is 4.98 Å². The highest BCUT2D eigenvalue weighted by Gasteiger charge is 2.33. The molecule has 1 fully saturated rings. The molecule has 2 aromatic rings. The fourth-order valence-corrected chi connectivity index (χ4v) is 4.10. The summed E-state index contributed by atoms with van der Waals surface area (Å²) in [5, 5.41) is 9.63. The van der Waals surface area contributed by atoms with E-state index in [9.17, 15) is 10.1 Å². The topological polar surface area (TPSA) is 60.2 Å². The van der Waals surface area contributed by atoms with E-state index in [1.54, 1.807) is 6.07 Å². The number of carbonyl (C=O) groups excluding carboxylic acids is 1. The predicted octanol–water partition coefficient (Wildman–Crippen LogP) is 3.43. The Morgan fingerprint density at radius 1 is 1.04 bits per heavy atom. The summed E-state index contributed by atoms with van der Waals surface area (Å²) in [5.74, 6) is 0.833. The van der Waals surface area contributed by atoms with Crippen LogP contribution in [-0.4, -0.2) is 36.9 Å². The van der Waals surface area contributed by atoms with Gasteiger partial charge in [0.25, 0.3) is 0 Å². The maximum Gasteiger partial charge on any atom is 0.165 e. The number of pyridine rings is 1. The van der Waals surface area contributed by atoms with Crippen molar-refractivity contribution in [2.75, 3.05) is 36.0 Å². The molecule has 1 aliphatic heterocycles. The molecule has 0 N–H and O–H groups in total. The monoisotopic (exact) mass is 360 g/mol. The Labute approximate surface area is 160 Å². The summed E-state index contributed by atoms with van der Waals surface area (Å²) in [7, 11) is 0. The van der Waals surface area contributed by atoms with Crippen molar-refractivity contribution >= 4 is 17.3 Å². The summed E-state index contributed by atoms with van der Waals surface area (Å²) in [6, 6.07) is 14.4. The third kappa shape index (κ3) is 3.40. The molecule has 1 aromatic heterocycles. The van der Waals surface area contributed by atoms with Gasteiger partial charge in [-0.05, 0) is 30.0 Å². The fraction of sp³-hybridized carbons (Fsp3) is 0.409. The molecule has 1 aromatic carbocycles. The normalized spacial score (nSPS) is 18.8. The molecule has 0 atom stereocenters. The van der Waals surface area contributed by atoms with Crippen LogP contribution >= 0.6 is 0 Å². The molecule has 4 rings (SSSR count). The SMILES string of the molecule is CC1(C)CC(=O)c2cc(C#N)c(N3CCN(c4ccccc4)CC3)nc2C1. The number of aromatic nitrogens is 1. The van der Waals surface area contributed by atoms with Gasteiger partial charge in [0.15, 0.2) is 5.78 Å². The first kappa shape index (κ1) is 17.5. The predicted molar refractivity (Wildman–Crippen MR) is 106 cm³/mol. The first-order valence-electron chi connectivity index (χ1n) is 9.49. The van der Waals surface area contributed by atoms with Gasteiger partial charge < -0.3 is 9.80 Å². The van der Waals surface area contributed by atoms with Crippen molar-refractivity contribution in [3.63, 3.8) is 0 Å². The molecule has 5 heteroatoms. The summed E-state index contributed by atoms with van der Waals surface area (Å²) in [4.78, 5) is 21.8. The molecule has 1 aliphatic carbocycles. The van der Waals surface area contributed by atoms with Crippen LogP contribution in [0.2, 0.25) is 0 Å². The molecule has 138 valence electrons. The lowest BCUT2D eigenvalue weighted by atomic mass is 9.75. The van der Waals surface area contributed by atoms with Gasteiger partial charge in [-0.2, -0.15) is 5.26 Å². The molecule has 1 saturated heterocycles. The van der Waals surface area contributed by atoms with Crippen LogP contribution in [0.5, 0.6) is 0 Å². The number of Topliss-reactive ketones (excluding diaryl/α,β-unsaturated/α-hetero) is 1. The Hall–Kier alpha value is -2.87. The fourth-order valence-electron chi connectivity index (χ4n) is 4.10. The van der Waals surface area contributed by atoms with Crippen LogP contribution in [0.3, 0.4) is 0 Å². The van der Waals surface area contributed by atoms with Gasteiger partial charge in [0.2, 0.25) is 0 Å². The number of anilines is 2. The third-order valence-electron chi connectivity index (χ3n) is 5.49. The number of hydrogen-bond acceptors (Lipinski definition) is 5.